The number of aliphatic hydroxyl groups excluding tert-OH is 1. The molecule has 0 spiro atoms. The number of rotatable bonds is 28. The third kappa shape index (κ3) is 17.9. The van der Waals surface area contributed by atoms with Crippen LogP contribution in [0.25, 0.3) is 11.1 Å². The van der Waals surface area contributed by atoms with Crippen LogP contribution in [0, 0.1) is 17.0 Å². The Hall–Kier alpha value is -8.39. The first-order valence-corrected chi connectivity index (χ1v) is 23.9. The van der Waals surface area contributed by atoms with Crippen molar-refractivity contribution in [2.24, 2.45) is 16.9 Å². The van der Waals surface area contributed by atoms with E-state index >= 15 is 4.39 Å². The van der Waals surface area contributed by atoms with Gasteiger partial charge in [0.2, 0.25) is 47.3 Å². The summed E-state index contributed by atoms with van der Waals surface area (Å²) in [5, 5.41) is 33.8. The predicted molar refractivity (Wildman–Crippen MR) is 266 cm³/mol. The summed E-state index contributed by atoms with van der Waals surface area (Å²) < 4.78 is 31.7. The number of carbonyl (C=O) groups excluding carboxylic acids is 10. The minimum Gasteiger partial charge on any atom is -0.480 e. The quantitative estimate of drug-likeness (QED) is 0.0295. The van der Waals surface area contributed by atoms with Crippen molar-refractivity contribution in [2.45, 2.75) is 90.1 Å². The highest BCUT2D eigenvalue weighted by Gasteiger charge is 2.39. The number of amides is 10. The maximum Gasteiger partial charge on any atom is 0.320 e. The van der Waals surface area contributed by atoms with Gasteiger partial charge in [-0.05, 0) is 55.0 Å². The van der Waals surface area contributed by atoms with Crippen molar-refractivity contribution in [3.8, 4) is 11.1 Å². The van der Waals surface area contributed by atoms with E-state index in [1.807, 2.05) is 12.1 Å². The van der Waals surface area contributed by atoms with Crippen LogP contribution in [0.15, 0.2) is 72.9 Å². The number of halogens is 2. The van der Waals surface area contributed by atoms with Gasteiger partial charge in [-0.15, -0.1) is 0 Å². The van der Waals surface area contributed by atoms with E-state index in [0.717, 1.165) is 35.9 Å². The standard InChI is InChI=1S/C50H63F2N11O13/c1-28(58-40(67)23-57-41(68)26-63-42(69)14-15-43(63)70)46(72)60-36(22-38(54)65)48(74)59-35(47(73)56-18-17-55-39(66)13-12-34(53)49(75)76)16-19-62(44(71)27-64)45(50(2,3)4)37-20-30(32-21-31(51)10-11-33(32)52)25-61(37)24-29-8-6-5-7-9-29/h5-11,14-15,20-21,25,28,34-36,45,64H,12-13,16-19,22-24,26-27,53H2,1-4H3,(H2,54,65)(H,55,66)(H,56,73)(H,57,68)(H,58,67)(H,59,74)(H,60,72)(H,75,76)/t28?,34-,35?,36?,45?/m0/s1. The SMILES string of the molecule is CC(NC(=O)CNC(=O)CN1C(=O)C=CC1=O)C(=O)NC(CC(N)=O)C(=O)NC(CCN(C(=O)CO)C(c1cc(-c2cc(F)ccc2F)cn1Cc1ccccc1)C(C)(C)C)C(=O)NCCNC(=O)CC[C@H](N)C(=O)O. The molecule has 10 amide bonds. The van der Waals surface area contributed by atoms with Crippen molar-refractivity contribution in [3.63, 3.8) is 0 Å². The maximum atomic E-state index is 15.4. The number of nitrogens with zero attached hydrogens (tertiary/aromatic N) is 3. The van der Waals surface area contributed by atoms with Crippen molar-refractivity contribution in [2.75, 3.05) is 39.3 Å². The first-order chi connectivity index (χ1) is 35.8. The Morgan fingerprint density at radius 1 is 0.776 bits per heavy atom. The van der Waals surface area contributed by atoms with Crippen molar-refractivity contribution in [1.29, 1.82) is 0 Å². The second kappa shape index (κ2) is 27.8. The predicted octanol–water partition coefficient (Wildman–Crippen LogP) is -1.40. The number of benzene rings is 2. The molecule has 0 bridgehead atoms. The van der Waals surface area contributed by atoms with Gasteiger partial charge in [-0.25, -0.2) is 8.78 Å². The van der Waals surface area contributed by atoms with Crippen LogP contribution in [0.5, 0.6) is 0 Å². The van der Waals surface area contributed by atoms with Gasteiger partial charge in [-0.3, -0.25) is 57.6 Å². The van der Waals surface area contributed by atoms with E-state index in [9.17, 15) is 62.2 Å². The van der Waals surface area contributed by atoms with Crippen molar-refractivity contribution in [1.82, 2.24) is 46.3 Å². The maximum absolute atomic E-state index is 15.4. The number of hydrogen-bond acceptors (Lipinski definition) is 13. The monoisotopic (exact) mass is 1060 g/mol. The van der Waals surface area contributed by atoms with Gasteiger partial charge >= 0.3 is 5.97 Å². The van der Waals surface area contributed by atoms with E-state index in [2.05, 4.69) is 31.9 Å². The van der Waals surface area contributed by atoms with E-state index in [1.165, 1.54) is 11.8 Å². The second-order valence-electron chi connectivity index (χ2n) is 18.8. The minimum absolute atomic E-state index is 0.0798. The summed E-state index contributed by atoms with van der Waals surface area (Å²) in [4.78, 5) is 142. The molecule has 1 aromatic heterocycles. The second-order valence-corrected chi connectivity index (χ2v) is 18.8. The highest BCUT2D eigenvalue weighted by molar-refractivity contribution is 6.14. The van der Waals surface area contributed by atoms with Gasteiger partial charge in [0.05, 0.1) is 19.0 Å². The molecule has 12 N–H and O–H groups in total. The molecule has 1 aliphatic rings. The molecule has 0 radical (unpaired) electrons. The zero-order chi connectivity index (χ0) is 56.4. The molecule has 2 heterocycles. The average Bonchev–Trinajstić information content (AvgIpc) is 3.91. The van der Waals surface area contributed by atoms with E-state index in [1.54, 1.807) is 55.8 Å². The van der Waals surface area contributed by atoms with Gasteiger partial charge in [0.25, 0.3) is 11.8 Å². The lowest BCUT2D eigenvalue weighted by molar-refractivity contribution is -0.141. The van der Waals surface area contributed by atoms with Crippen LogP contribution in [-0.4, -0.2) is 153 Å². The molecule has 0 saturated heterocycles. The molecule has 3 aromatic rings. The van der Waals surface area contributed by atoms with Crippen molar-refractivity contribution >= 4 is 65.0 Å². The van der Waals surface area contributed by atoms with Crippen LogP contribution >= 0.6 is 0 Å². The van der Waals surface area contributed by atoms with Gasteiger partial charge < -0.3 is 63.0 Å². The summed E-state index contributed by atoms with van der Waals surface area (Å²) >= 11 is 0. The number of imide groups is 1. The van der Waals surface area contributed by atoms with Crippen LogP contribution in [-0.2, 0) is 59.3 Å². The Morgan fingerprint density at radius 3 is 2.04 bits per heavy atom. The lowest BCUT2D eigenvalue weighted by Crippen LogP contribution is -2.58. The first kappa shape index (κ1) is 60.2. The fourth-order valence-corrected chi connectivity index (χ4v) is 7.95. The van der Waals surface area contributed by atoms with Crippen molar-refractivity contribution < 1.29 is 71.7 Å². The van der Waals surface area contributed by atoms with Gasteiger partial charge in [-0.1, -0.05) is 51.1 Å². The molecule has 0 aliphatic carbocycles. The highest BCUT2D eigenvalue weighted by Crippen LogP contribution is 2.41. The van der Waals surface area contributed by atoms with Crippen LogP contribution < -0.4 is 43.4 Å². The molecule has 0 saturated carbocycles. The summed E-state index contributed by atoms with van der Waals surface area (Å²) in [5.74, 6) is -11.6. The van der Waals surface area contributed by atoms with E-state index in [0.29, 0.717) is 10.6 Å². The first-order valence-electron chi connectivity index (χ1n) is 23.9. The number of carboxylic acids is 1. The Balaban J connectivity index is 1.62. The topological polar surface area (TPSA) is 364 Å². The fourth-order valence-electron chi connectivity index (χ4n) is 7.95. The minimum atomic E-state index is -1.79. The van der Waals surface area contributed by atoms with Gasteiger partial charge in [0.1, 0.15) is 49.0 Å². The molecule has 0 fully saturated rings. The molecular weight excluding hydrogens is 1000 g/mol. The Morgan fingerprint density at radius 2 is 1.42 bits per heavy atom. The molecule has 410 valence electrons. The van der Waals surface area contributed by atoms with Crippen LogP contribution in [0.1, 0.15) is 70.7 Å². The van der Waals surface area contributed by atoms with Gasteiger partial charge in [0.15, 0.2) is 0 Å². The average molecular weight is 1060 g/mol. The molecule has 5 atom stereocenters. The van der Waals surface area contributed by atoms with Crippen LogP contribution in [0.3, 0.4) is 0 Å². The number of hydrogen-bond donors (Lipinski definition) is 10. The molecule has 24 nitrogen and oxygen atoms in total. The summed E-state index contributed by atoms with van der Waals surface area (Å²) in [6.07, 6.45) is 1.82. The third-order valence-electron chi connectivity index (χ3n) is 11.7. The van der Waals surface area contributed by atoms with E-state index in [4.69, 9.17) is 16.6 Å². The van der Waals surface area contributed by atoms with Crippen LogP contribution in [0.2, 0.25) is 0 Å². The van der Waals surface area contributed by atoms with E-state index in [-0.39, 0.29) is 43.6 Å². The van der Waals surface area contributed by atoms with Crippen molar-refractivity contribution in [3.05, 3.63) is 95.8 Å². The third-order valence-corrected chi connectivity index (χ3v) is 11.7. The number of aromatic nitrogens is 1. The number of aliphatic hydroxyl groups is 1. The summed E-state index contributed by atoms with van der Waals surface area (Å²) in [6.45, 7) is 3.45. The van der Waals surface area contributed by atoms with Crippen LogP contribution in [0.4, 0.5) is 8.78 Å². The van der Waals surface area contributed by atoms with Gasteiger partial charge in [-0.2, -0.15) is 0 Å². The molecule has 2 aromatic carbocycles. The Labute approximate surface area is 435 Å². The fraction of sp³-hybridized carbons (Fsp3) is 0.420. The summed E-state index contributed by atoms with van der Waals surface area (Å²) in [6, 6.07) is 6.49. The molecule has 26 heteroatoms. The molecule has 76 heavy (non-hydrogen) atoms. The summed E-state index contributed by atoms with van der Waals surface area (Å²) in [5.41, 5.74) is 11.4. The molecule has 1 aliphatic heterocycles. The number of aliphatic carboxylic acids is 1. The van der Waals surface area contributed by atoms with Gasteiger partial charge in [0, 0.05) is 67.8 Å². The number of primary amides is 1. The molecule has 4 rings (SSSR count). The normalized spacial score (nSPS) is 14.1. The number of carbonyl (C=O) groups is 11. The number of nitrogens with one attached hydrogen (secondary N) is 6. The van der Waals surface area contributed by atoms with E-state index < -0.39 is 151 Å². The Kier molecular flexibility index (Phi) is 22.0. The zero-order valence-corrected chi connectivity index (χ0v) is 42.2. The summed E-state index contributed by atoms with van der Waals surface area (Å²) in [7, 11) is 0. The highest BCUT2D eigenvalue weighted by atomic mass is 19.1. The lowest BCUT2D eigenvalue weighted by atomic mass is 9.82. The lowest BCUT2D eigenvalue weighted by Gasteiger charge is -2.41. The number of carboxylic acid groups (broad SMARTS) is 1. The zero-order valence-electron chi connectivity index (χ0n) is 42.2. The number of nitrogens with two attached hydrogens (primary N) is 2. The largest absolute Gasteiger partial charge is 0.480 e. The Bertz CT molecular complexity index is 2670. The molecule has 4 unspecified atom stereocenters. The smallest absolute Gasteiger partial charge is 0.320 e. The molecular formula is C50H63F2N11O13.